The monoisotopic (exact) mass is 238 g/mol. The fraction of sp³-hybridized carbons (Fsp3) is 0.417. The number of methoxy groups -OCH3 is 2. The van der Waals surface area contributed by atoms with E-state index in [2.05, 4.69) is 0 Å². The van der Waals surface area contributed by atoms with E-state index in [1.54, 1.807) is 24.9 Å². The lowest BCUT2D eigenvalue weighted by Gasteiger charge is -2.25. The maximum Gasteiger partial charge on any atom is 0.339 e. The Hall–Kier alpha value is -1.00. The Morgan fingerprint density at radius 1 is 1.44 bits per heavy atom. The van der Waals surface area contributed by atoms with Gasteiger partial charge in [0.15, 0.2) is 0 Å². The van der Waals surface area contributed by atoms with E-state index in [9.17, 15) is 4.79 Å². The highest BCUT2D eigenvalue weighted by atomic mass is 32.2. The van der Waals surface area contributed by atoms with E-state index in [-0.39, 0.29) is 12.1 Å². The van der Waals surface area contributed by atoms with Crippen LogP contribution in [0.5, 0.6) is 0 Å². The van der Waals surface area contributed by atoms with Crippen LogP contribution in [0, 0.1) is 0 Å². The van der Waals surface area contributed by atoms with Gasteiger partial charge in [0.25, 0.3) is 0 Å². The number of ether oxygens (including phenoxy) is 2. The van der Waals surface area contributed by atoms with Gasteiger partial charge >= 0.3 is 5.97 Å². The summed E-state index contributed by atoms with van der Waals surface area (Å²) in [6.45, 7) is 0. The molecule has 86 valence electrons. The van der Waals surface area contributed by atoms with Crippen LogP contribution in [0.1, 0.15) is 28.4 Å². The number of carbonyl (C=O) groups is 1. The highest BCUT2D eigenvalue weighted by molar-refractivity contribution is 7.99. The van der Waals surface area contributed by atoms with Gasteiger partial charge in [0, 0.05) is 17.8 Å². The quantitative estimate of drug-likeness (QED) is 0.742. The summed E-state index contributed by atoms with van der Waals surface area (Å²) in [6, 6.07) is 5.70. The van der Waals surface area contributed by atoms with Gasteiger partial charge in [0.1, 0.15) is 0 Å². The minimum Gasteiger partial charge on any atom is -0.465 e. The van der Waals surface area contributed by atoms with Crippen LogP contribution in [0.4, 0.5) is 0 Å². The molecule has 0 amide bonds. The Labute approximate surface area is 99.1 Å². The third kappa shape index (κ3) is 1.95. The summed E-state index contributed by atoms with van der Waals surface area (Å²) in [5.41, 5.74) is 1.74. The SMILES string of the molecule is COC(=O)c1cccc2c1SCCC2OC. The van der Waals surface area contributed by atoms with Crippen molar-refractivity contribution in [1.29, 1.82) is 0 Å². The number of carbonyl (C=O) groups excluding carboxylic acids is 1. The fourth-order valence-electron chi connectivity index (χ4n) is 1.91. The number of fused-ring (bicyclic) bond motifs is 1. The zero-order valence-electron chi connectivity index (χ0n) is 9.36. The first-order valence-corrected chi connectivity index (χ1v) is 6.13. The maximum absolute atomic E-state index is 11.6. The summed E-state index contributed by atoms with van der Waals surface area (Å²) in [5.74, 6) is 0.695. The summed E-state index contributed by atoms with van der Waals surface area (Å²) in [7, 11) is 3.11. The largest absolute Gasteiger partial charge is 0.465 e. The Balaban J connectivity index is 2.46. The lowest BCUT2D eigenvalue weighted by Crippen LogP contribution is -2.13. The standard InChI is InChI=1S/C12H14O3S/c1-14-10-6-7-16-11-8(10)4-3-5-9(11)12(13)15-2/h3-5,10H,6-7H2,1-2H3. The molecule has 0 fully saturated rings. The average molecular weight is 238 g/mol. The second-order valence-corrected chi connectivity index (χ2v) is 4.68. The molecule has 0 aromatic heterocycles. The van der Waals surface area contributed by atoms with Crippen molar-refractivity contribution in [2.75, 3.05) is 20.0 Å². The van der Waals surface area contributed by atoms with Crippen molar-refractivity contribution >= 4 is 17.7 Å². The molecule has 1 atom stereocenters. The minimum atomic E-state index is -0.277. The molecule has 3 nitrogen and oxygen atoms in total. The Morgan fingerprint density at radius 3 is 2.94 bits per heavy atom. The highest BCUT2D eigenvalue weighted by Crippen LogP contribution is 2.39. The molecule has 2 rings (SSSR count). The van der Waals surface area contributed by atoms with Crippen molar-refractivity contribution in [2.24, 2.45) is 0 Å². The van der Waals surface area contributed by atoms with Crippen molar-refractivity contribution in [2.45, 2.75) is 17.4 Å². The second-order valence-electron chi connectivity index (χ2n) is 3.58. The molecule has 1 aromatic carbocycles. The molecule has 1 aliphatic rings. The predicted octanol–water partition coefficient (Wildman–Crippen LogP) is 2.66. The first-order chi connectivity index (χ1) is 7.77. The highest BCUT2D eigenvalue weighted by Gasteiger charge is 2.24. The summed E-state index contributed by atoms with van der Waals surface area (Å²) >= 11 is 1.70. The zero-order valence-corrected chi connectivity index (χ0v) is 10.2. The molecule has 4 heteroatoms. The number of rotatable bonds is 2. The molecular weight excluding hydrogens is 224 g/mol. The van der Waals surface area contributed by atoms with Gasteiger partial charge in [0.05, 0.1) is 18.8 Å². The van der Waals surface area contributed by atoms with Gasteiger partial charge in [-0.2, -0.15) is 0 Å². The fourth-order valence-corrected chi connectivity index (χ4v) is 3.12. The van der Waals surface area contributed by atoms with Gasteiger partial charge in [-0.25, -0.2) is 4.79 Å². The molecule has 0 radical (unpaired) electrons. The van der Waals surface area contributed by atoms with Crippen LogP contribution >= 0.6 is 11.8 Å². The first-order valence-electron chi connectivity index (χ1n) is 5.14. The number of esters is 1. The normalized spacial score (nSPS) is 19.0. The van der Waals surface area contributed by atoms with Crippen LogP contribution in [0.15, 0.2) is 23.1 Å². The molecule has 0 N–H and O–H groups in total. The molecule has 0 saturated carbocycles. The van der Waals surface area contributed by atoms with E-state index in [0.717, 1.165) is 22.6 Å². The number of hydrogen-bond acceptors (Lipinski definition) is 4. The predicted molar refractivity (Wildman–Crippen MR) is 62.9 cm³/mol. The van der Waals surface area contributed by atoms with Crippen LogP contribution in [-0.4, -0.2) is 25.9 Å². The van der Waals surface area contributed by atoms with Crippen LogP contribution in [0.2, 0.25) is 0 Å². The molecule has 16 heavy (non-hydrogen) atoms. The van der Waals surface area contributed by atoms with Crippen molar-refractivity contribution in [3.63, 3.8) is 0 Å². The van der Waals surface area contributed by atoms with Crippen LogP contribution < -0.4 is 0 Å². The number of hydrogen-bond donors (Lipinski definition) is 0. The third-order valence-electron chi connectivity index (χ3n) is 2.71. The first kappa shape index (κ1) is 11.5. The van der Waals surface area contributed by atoms with E-state index in [4.69, 9.17) is 9.47 Å². The van der Waals surface area contributed by atoms with Gasteiger partial charge in [-0.15, -0.1) is 11.8 Å². The summed E-state index contributed by atoms with van der Waals surface area (Å²) in [5, 5.41) is 0. The number of benzene rings is 1. The van der Waals surface area contributed by atoms with E-state index < -0.39 is 0 Å². The minimum absolute atomic E-state index is 0.0980. The van der Waals surface area contributed by atoms with Crippen molar-refractivity contribution < 1.29 is 14.3 Å². The van der Waals surface area contributed by atoms with Crippen molar-refractivity contribution in [1.82, 2.24) is 0 Å². The average Bonchev–Trinajstić information content (AvgIpc) is 2.36. The van der Waals surface area contributed by atoms with Gasteiger partial charge < -0.3 is 9.47 Å². The number of thioether (sulfide) groups is 1. The lowest BCUT2D eigenvalue weighted by atomic mass is 10.0. The second kappa shape index (κ2) is 4.89. The van der Waals surface area contributed by atoms with Crippen molar-refractivity contribution in [3.8, 4) is 0 Å². The van der Waals surface area contributed by atoms with E-state index in [0.29, 0.717) is 5.56 Å². The van der Waals surface area contributed by atoms with Gasteiger partial charge in [-0.1, -0.05) is 12.1 Å². The molecule has 1 unspecified atom stereocenters. The zero-order chi connectivity index (χ0) is 11.5. The van der Waals surface area contributed by atoms with Gasteiger partial charge in [-0.3, -0.25) is 0 Å². The Morgan fingerprint density at radius 2 is 2.25 bits per heavy atom. The molecule has 0 aliphatic carbocycles. The van der Waals surface area contributed by atoms with Crippen LogP contribution in [0.25, 0.3) is 0 Å². The molecule has 1 aromatic rings. The Bertz CT molecular complexity index is 403. The molecule has 1 heterocycles. The van der Waals surface area contributed by atoms with Gasteiger partial charge in [-0.05, 0) is 18.1 Å². The van der Waals surface area contributed by atoms with Crippen molar-refractivity contribution in [3.05, 3.63) is 29.3 Å². The van der Waals surface area contributed by atoms with Crippen LogP contribution in [-0.2, 0) is 9.47 Å². The molecular formula is C12H14O3S. The smallest absolute Gasteiger partial charge is 0.339 e. The summed E-state index contributed by atoms with van der Waals surface area (Å²) in [4.78, 5) is 12.6. The molecule has 0 bridgehead atoms. The van der Waals surface area contributed by atoms with E-state index in [1.165, 1.54) is 7.11 Å². The van der Waals surface area contributed by atoms with Gasteiger partial charge in [0.2, 0.25) is 0 Å². The maximum atomic E-state index is 11.6. The van der Waals surface area contributed by atoms with E-state index >= 15 is 0 Å². The molecule has 0 saturated heterocycles. The molecule has 1 aliphatic heterocycles. The summed E-state index contributed by atoms with van der Waals surface area (Å²) < 4.78 is 10.2. The molecule has 0 spiro atoms. The summed E-state index contributed by atoms with van der Waals surface area (Å²) in [6.07, 6.45) is 1.08. The Kier molecular flexibility index (Phi) is 3.51. The third-order valence-corrected chi connectivity index (χ3v) is 3.89. The topological polar surface area (TPSA) is 35.5 Å². The van der Waals surface area contributed by atoms with E-state index in [1.807, 2.05) is 12.1 Å². The van der Waals surface area contributed by atoms with Crippen LogP contribution in [0.3, 0.4) is 0 Å². The lowest BCUT2D eigenvalue weighted by molar-refractivity contribution is 0.0594.